The number of Topliss-reactive ketones (excluding diaryl/α,β-unsaturated/α-hetero) is 1. The van der Waals surface area contributed by atoms with Crippen molar-refractivity contribution in [3.63, 3.8) is 0 Å². The van der Waals surface area contributed by atoms with E-state index >= 15 is 0 Å². The zero-order valence-electron chi connectivity index (χ0n) is 12.4. The average Bonchev–Trinajstić information content (AvgIpc) is 2.52. The number of nitrogens with one attached hydrogen (secondary N) is 2. The number of hydrogen-bond donors (Lipinski definition) is 2. The van der Waals surface area contributed by atoms with E-state index in [0.29, 0.717) is 18.0 Å². The van der Waals surface area contributed by atoms with Crippen molar-refractivity contribution in [3.05, 3.63) is 35.6 Å². The predicted octanol–water partition coefficient (Wildman–Crippen LogP) is 2.33. The Balaban J connectivity index is 0.00000242. The van der Waals surface area contributed by atoms with E-state index in [1.807, 2.05) is 0 Å². The molecular formula is C16H22ClFN2O2. The molecule has 6 heteroatoms. The standard InChI is InChI=1S/C16H21FN2O2.ClH/c17-14-5-3-13(4-6-14)15(20)7-8-16(21)19-11-12-2-1-9-18-10-12;/h3-6,12,18H,1-2,7-11H2,(H,19,21);1H. The molecule has 1 heterocycles. The zero-order valence-corrected chi connectivity index (χ0v) is 13.3. The second-order valence-electron chi connectivity index (χ2n) is 5.45. The number of carbonyl (C=O) groups is 2. The summed E-state index contributed by atoms with van der Waals surface area (Å²) in [6.07, 6.45) is 2.60. The van der Waals surface area contributed by atoms with Gasteiger partial charge in [-0.25, -0.2) is 4.39 Å². The van der Waals surface area contributed by atoms with Gasteiger partial charge in [0.2, 0.25) is 5.91 Å². The number of amides is 1. The van der Waals surface area contributed by atoms with Crippen LogP contribution in [-0.2, 0) is 4.79 Å². The second kappa shape index (κ2) is 9.54. The Morgan fingerprint density at radius 1 is 1.23 bits per heavy atom. The predicted molar refractivity (Wildman–Crippen MR) is 85.8 cm³/mol. The zero-order chi connectivity index (χ0) is 15.1. The topological polar surface area (TPSA) is 58.2 Å². The van der Waals surface area contributed by atoms with Gasteiger partial charge in [0.1, 0.15) is 5.82 Å². The van der Waals surface area contributed by atoms with Gasteiger partial charge in [-0.3, -0.25) is 9.59 Å². The molecule has 2 rings (SSSR count). The molecule has 1 fully saturated rings. The van der Waals surface area contributed by atoms with E-state index in [1.54, 1.807) is 0 Å². The molecule has 0 radical (unpaired) electrons. The van der Waals surface area contributed by atoms with Crippen molar-refractivity contribution in [1.29, 1.82) is 0 Å². The molecule has 0 aromatic heterocycles. The second-order valence-corrected chi connectivity index (χ2v) is 5.45. The monoisotopic (exact) mass is 328 g/mol. The van der Waals surface area contributed by atoms with Crippen LogP contribution in [0.15, 0.2) is 24.3 Å². The molecule has 0 spiro atoms. The van der Waals surface area contributed by atoms with Gasteiger partial charge in [0.25, 0.3) is 0 Å². The fraction of sp³-hybridized carbons (Fsp3) is 0.500. The lowest BCUT2D eigenvalue weighted by atomic mass is 9.99. The Morgan fingerprint density at radius 3 is 2.59 bits per heavy atom. The summed E-state index contributed by atoms with van der Waals surface area (Å²) in [7, 11) is 0. The summed E-state index contributed by atoms with van der Waals surface area (Å²) in [4.78, 5) is 23.6. The average molecular weight is 329 g/mol. The maximum atomic E-state index is 12.8. The Morgan fingerprint density at radius 2 is 1.95 bits per heavy atom. The smallest absolute Gasteiger partial charge is 0.220 e. The van der Waals surface area contributed by atoms with Crippen molar-refractivity contribution in [1.82, 2.24) is 10.6 Å². The summed E-state index contributed by atoms with van der Waals surface area (Å²) in [5, 5.41) is 6.18. The van der Waals surface area contributed by atoms with Crippen LogP contribution in [-0.4, -0.2) is 31.3 Å². The molecule has 1 aromatic carbocycles. The van der Waals surface area contributed by atoms with Gasteiger partial charge in [-0.2, -0.15) is 0 Å². The number of halogens is 2. The first-order valence-electron chi connectivity index (χ1n) is 7.41. The molecule has 2 N–H and O–H groups in total. The lowest BCUT2D eigenvalue weighted by Gasteiger charge is -2.22. The van der Waals surface area contributed by atoms with E-state index in [2.05, 4.69) is 10.6 Å². The Bertz CT molecular complexity index is 487. The number of carbonyl (C=O) groups excluding carboxylic acids is 2. The van der Waals surface area contributed by atoms with E-state index in [4.69, 9.17) is 0 Å². The molecule has 0 saturated carbocycles. The molecule has 1 unspecified atom stereocenters. The van der Waals surface area contributed by atoms with Crippen LogP contribution in [0.25, 0.3) is 0 Å². The molecule has 1 atom stereocenters. The van der Waals surface area contributed by atoms with Crippen LogP contribution in [0, 0.1) is 11.7 Å². The quantitative estimate of drug-likeness (QED) is 0.788. The molecule has 1 aromatic rings. The highest BCUT2D eigenvalue weighted by Crippen LogP contribution is 2.09. The van der Waals surface area contributed by atoms with Crippen molar-refractivity contribution in [2.45, 2.75) is 25.7 Å². The summed E-state index contributed by atoms with van der Waals surface area (Å²) < 4.78 is 12.8. The third kappa shape index (κ3) is 6.12. The summed E-state index contributed by atoms with van der Waals surface area (Å²) >= 11 is 0. The molecule has 0 aliphatic carbocycles. The van der Waals surface area contributed by atoms with Crippen LogP contribution in [0.1, 0.15) is 36.0 Å². The molecule has 1 amide bonds. The van der Waals surface area contributed by atoms with Gasteiger partial charge in [-0.05, 0) is 56.1 Å². The first kappa shape index (κ1) is 18.6. The normalized spacial score (nSPS) is 17.4. The molecule has 1 aliphatic heterocycles. The van der Waals surface area contributed by atoms with E-state index in [0.717, 1.165) is 25.9 Å². The van der Waals surface area contributed by atoms with Gasteiger partial charge < -0.3 is 10.6 Å². The van der Waals surface area contributed by atoms with E-state index < -0.39 is 0 Å². The first-order valence-corrected chi connectivity index (χ1v) is 7.41. The summed E-state index contributed by atoms with van der Waals surface area (Å²) in [6, 6.07) is 5.40. The number of hydrogen-bond acceptors (Lipinski definition) is 3. The molecule has 1 saturated heterocycles. The third-order valence-corrected chi connectivity index (χ3v) is 3.73. The summed E-state index contributed by atoms with van der Waals surface area (Å²) in [5.74, 6) is -0.124. The van der Waals surface area contributed by atoms with Crippen molar-refractivity contribution < 1.29 is 14.0 Å². The molecule has 0 bridgehead atoms. The third-order valence-electron chi connectivity index (χ3n) is 3.73. The maximum absolute atomic E-state index is 12.8. The van der Waals surface area contributed by atoms with Crippen LogP contribution < -0.4 is 10.6 Å². The van der Waals surface area contributed by atoms with Gasteiger partial charge in [0.05, 0.1) is 0 Å². The van der Waals surface area contributed by atoms with Crippen LogP contribution in [0.2, 0.25) is 0 Å². The van der Waals surface area contributed by atoms with Crippen LogP contribution in [0.3, 0.4) is 0 Å². The van der Waals surface area contributed by atoms with E-state index in [1.165, 1.54) is 24.3 Å². The van der Waals surface area contributed by atoms with Crippen LogP contribution in [0.5, 0.6) is 0 Å². The molecular weight excluding hydrogens is 307 g/mol. The lowest BCUT2D eigenvalue weighted by molar-refractivity contribution is -0.121. The summed E-state index contributed by atoms with van der Waals surface area (Å²) in [5.41, 5.74) is 0.445. The minimum Gasteiger partial charge on any atom is -0.356 e. The molecule has 1 aliphatic rings. The molecule has 4 nitrogen and oxygen atoms in total. The van der Waals surface area contributed by atoms with Crippen molar-refractivity contribution >= 4 is 24.1 Å². The van der Waals surface area contributed by atoms with E-state index in [9.17, 15) is 14.0 Å². The SMILES string of the molecule is Cl.O=C(CCC(=O)c1ccc(F)cc1)NCC1CCCNC1. The van der Waals surface area contributed by atoms with Crippen molar-refractivity contribution in [3.8, 4) is 0 Å². The maximum Gasteiger partial charge on any atom is 0.220 e. The number of benzene rings is 1. The van der Waals surface area contributed by atoms with Gasteiger partial charge >= 0.3 is 0 Å². The van der Waals surface area contributed by atoms with Gasteiger partial charge in [0.15, 0.2) is 5.78 Å². The van der Waals surface area contributed by atoms with Gasteiger partial charge in [-0.1, -0.05) is 0 Å². The highest BCUT2D eigenvalue weighted by molar-refractivity contribution is 5.97. The van der Waals surface area contributed by atoms with Crippen molar-refractivity contribution in [2.24, 2.45) is 5.92 Å². The minimum atomic E-state index is -0.370. The number of ketones is 1. The Hall–Kier alpha value is -1.46. The Kier molecular flexibility index (Phi) is 8.06. The largest absolute Gasteiger partial charge is 0.356 e. The fourth-order valence-corrected chi connectivity index (χ4v) is 2.45. The molecule has 122 valence electrons. The van der Waals surface area contributed by atoms with Gasteiger partial charge in [-0.15, -0.1) is 12.4 Å². The molecule has 22 heavy (non-hydrogen) atoms. The van der Waals surface area contributed by atoms with E-state index in [-0.39, 0.29) is 42.8 Å². The van der Waals surface area contributed by atoms with Crippen LogP contribution >= 0.6 is 12.4 Å². The highest BCUT2D eigenvalue weighted by Gasteiger charge is 2.14. The van der Waals surface area contributed by atoms with Gasteiger partial charge in [0, 0.05) is 24.9 Å². The summed E-state index contributed by atoms with van der Waals surface area (Å²) in [6.45, 7) is 2.65. The lowest BCUT2D eigenvalue weighted by Crippen LogP contribution is -2.38. The van der Waals surface area contributed by atoms with Crippen LogP contribution in [0.4, 0.5) is 4.39 Å². The minimum absolute atomic E-state index is 0. The first-order chi connectivity index (χ1) is 10.1. The fourth-order valence-electron chi connectivity index (χ4n) is 2.45. The number of rotatable bonds is 6. The Labute approximate surface area is 136 Å². The highest BCUT2D eigenvalue weighted by atomic mass is 35.5. The van der Waals surface area contributed by atoms with Crippen molar-refractivity contribution in [2.75, 3.05) is 19.6 Å². The number of piperidine rings is 1.